The molecule has 12 rings (SSSR count). The number of amidine groups is 2. The molecule has 0 bridgehead atoms. The van der Waals surface area contributed by atoms with E-state index in [1.54, 1.807) is 0 Å². The average molecular weight is 743 g/mol. The second-order valence-electron chi connectivity index (χ2n) is 15.1. The number of nitrogens with one attached hydrogen (secondary N) is 1. The lowest BCUT2D eigenvalue weighted by atomic mass is 10.0. The van der Waals surface area contributed by atoms with Crippen LogP contribution in [-0.4, -0.2) is 16.2 Å². The van der Waals surface area contributed by atoms with Gasteiger partial charge in [-0.1, -0.05) is 146 Å². The first-order valence-corrected chi connectivity index (χ1v) is 19.7. The minimum Gasteiger partial charge on any atom is -0.455 e. The first-order valence-electron chi connectivity index (χ1n) is 19.7. The summed E-state index contributed by atoms with van der Waals surface area (Å²) in [6.45, 7) is 0. The average Bonchev–Trinajstić information content (AvgIpc) is 3.83. The molecule has 11 aromatic rings. The second-order valence-corrected chi connectivity index (χ2v) is 15.1. The Bertz CT molecular complexity index is 3500. The Balaban J connectivity index is 1.11. The lowest BCUT2D eigenvalue weighted by Crippen LogP contribution is -2.33. The molecule has 1 N–H and O–H groups in total. The number of benzene rings is 9. The van der Waals surface area contributed by atoms with Crippen molar-refractivity contribution >= 4 is 77.0 Å². The van der Waals surface area contributed by atoms with Crippen LogP contribution in [0.5, 0.6) is 0 Å². The van der Waals surface area contributed by atoms with E-state index in [4.69, 9.17) is 14.4 Å². The molecule has 0 aliphatic carbocycles. The second kappa shape index (κ2) is 12.9. The van der Waals surface area contributed by atoms with E-state index < -0.39 is 6.17 Å². The van der Waals surface area contributed by atoms with E-state index in [1.165, 1.54) is 26.9 Å². The summed E-state index contributed by atoms with van der Waals surface area (Å²) >= 11 is 0. The standard InChI is InChI=1S/C53H34N4O/c1-2-13-33(14-3-1)36-19-12-20-39(27-36)51-54-52(40-26-25-34-15-4-5-16-35(34)28-40)56-53(55-51)46-32-41(31-45-43-22-9-11-24-49(43)58-50(45)46)57-47-23-10-8-21-42(47)44-29-37-17-6-7-18-38(37)30-48(44)57/h1-32,52H,(H,54,55,56). The van der Waals surface area contributed by atoms with Crippen LogP contribution in [0.1, 0.15) is 22.9 Å². The van der Waals surface area contributed by atoms with Crippen LogP contribution in [-0.2, 0) is 0 Å². The molecule has 1 atom stereocenters. The highest BCUT2D eigenvalue weighted by atomic mass is 16.3. The molecule has 1 unspecified atom stereocenters. The van der Waals surface area contributed by atoms with E-state index in [0.29, 0.717) is 11.7 Å². The van der Waals surface area contributed by atoms with Crippen LogP contribution in [0.4, 0.5) is 0 Å². The van der Waals surface area contributed by atoms with Crippen molar-refractivity contribution in [1.29, 1.82) is 0 Å². The van der Waals surface area contributed by atoms with Gasteiger partial charge in [0.1, 0.15) is 23.2 Å². The lowest BCUT2D eigenvalue weighted by Gasteiger charge is -2.24. The van der Waals surface area contributed by atoms with Crippen molar-refractivity contribution < 1.29 is 4.42 Å². The number of nitrogens with zero attached hydrogens (tertiary/aromatic N) is 3. The molecule has 3 heterocycles. The van der Waals surface area contributed by atoms with E-state index in [2.05, 4.69) is 186 Å². The zero-order chi connectivity index (χ0) is 38.2. The largest absolute Gasteiger partial charge is 0.455 e. The zero-order valence-corrected chi connectivity index (χ0v) is 31.3. The summed E-state index contributed by atoms with van der Waals surface area (Å²) in [5.74, 6) is 1.35. The molecule has 2 aromatic heterocycles. The Kier molecular flexibility index (Phi) is 7.23. The first-order chi connectivity index (χ1) is 28.7. The van der Waals surface area contributed by atoms with Gasteiger partial charge in [-0.25, -0.2) is 9.98 Å². The van der Waals surface area contributed by atoms with Crippen molar-refractivity contribution in [2.45, 2.75) is 6.17 Å². The molecule has 9 aromatic carbocycles. The molecule has 1 aliphatic rings. The van der Waals surface area contributed by atoms with Gasteiger partial charge in [0, 0.05) is 32.8 Å². The fraction of sp³-hybridized carbons (Fsp3) is 0.0189. The van der Waals surface area contributed by atoms with Gasteiger partial charge in [-0.3, -0.25) is 0 Å². The van der Waals surface area contributed by atoms with Gasteiger partial charge in [0.15, 0.2) is 5.84 Å². The summed E-state index contributed by atoms with van der Waals surface area (Å²) < 4.78 is 9.18. The highest BCUT2D eigenvalue weighted by Gasteiger charge is 2.26. The van der Waals surface area contributed by atoms with E-state index in [0.717, 1.165) is 71.9 Å². The number of rotatable bonds is 5. The molecule has 0 saturated heterocycles. The summed E-state index contributed by atoms with van der Waals surface area (Å²) in [4.78, 5) is 10.7. The fourth-order valence-corrected chi connectivity index (χ4v) is 8.78. The summed E-state index contributed by atoms with van der Waals surface area (Å²) in [6.07, 6.45) is -0.407. The number of hydrogen-bond donors (Lipinski definition) is 1. The van der Waals surface area contributed by atoms with Crippen LogP contribution in [0.15, 0.2) is 209 Å². The molecular formula is C53H34N4O. The summed E-state index contributed by atoms with van der Waals surface area (Å²) in [7, 11) is 0. The number of fused-ring (bicyclic) bond motifs is 8. The Hall–Kier alpha value is -7.76. The number of para-hydroxylation sites is 2. The van der Waals surface area contributed by atoms with E-state index in [-0.39, 0.29) is 0 Å². The third kappa shape index (κ3) is 5.25. The molecule has 0 spiro atoms. The molecule has 272 valence electrons. The van der Waals surface area contributed by atoms with Gasteiger partial charge in [0.25, 0.3) is 0 Å². The van der Waals surface area contributed by atoms with Crippen LogP contribution in [0.2, 0.25) is 0 Å². The van der Waals surface area contributed by atoms with Crippen molar-refractivity contribution in [3.05, 3.63) is 211 Å². The van der Waals surface area contributed by atoms with Gasteiger partial charge >= 0.3 is 0 Å². The smallest absolute Gasteiger partial charge is 0.159 e. The third-order valence-corrected chi connectivity index (χ3v) is 11.6. The van der Waals surface area contributed by atoms with Crippen LogP contribution >= 0.6 is 0 Å². The molecule has 0 saturated carbocycles. The van der Waals surface area contributed by atoms with Gasteiger partial charge in [-0.15, -0.1) is 0 Å². The molecular weight excluding hydrogens is 709 g/mol. The minimum absolute atomic E-state index is 0.407. The highest BCUT2D eigenvalue weighted by molar-refractivity contribution is 6.21. The van der Waals surface area contributed by atoms with Gasteiger partial charge in [0.2, 0.25) is 0 Å². The van der Waals surface area contributed by atoms with E-state index in [1.807, 2.05) is 18.2 Å². The number of hydrogen-bond acceptors (Lipinski definition) is 4. The third-order valence-electron chi connectivity index (χ3n) is 11.6. The topological polar surface area (TPSA) is 54.8 Å². The maximum Gasteiger partial charge on any atom is 0.159 e. The van der Waals surface area contributed by atoms with Gasteiger partial charge in [-0.05, 0) is 86.8 Å². The SMILES string of the molecule is c1ccc(-c2cccc(C3=NC(c4ccc5ccccc5c4)NC(c4cc(-n5c6ccccc6c6cc7ccccc7cc65)cc5c4oc4ccccc45)=N3)c2)cc1. The lowest BCUT2D eigenvalue weighted by molar-refractivity contribution is 0.660. The van der Waals surface area contributed by atoms with E-state index >= 15 is 0 Å². The van der Waals surface area contributed by atoms with Crippen molar-refractivity contribution in [2.24, 2.45) is 9.98 Å². The normalized spacial score (nSPS) is 14.4. The summed E-state index contributed by atoms with van der Waals surface area (Å²) in [5, 5.41) is 13.1. The van der Waals surface area contributed by atoms with Crippen LogP contribution in [0, 0.1) is 0 Å². The molecule has 0 radical (unpaired) electrons. The number of furan rings is 1. The quantitative estimate of drug-likeness (QED) is 0.191. The zero-order valence-electron chi connectivity index (χ0n) is 31.3. The first kappa shape index (κ1) is 32.5. The van der Waals surface area contributed by atoms with Crippen molar-refractivity contribution in [3.63, 3.8) is 0 Å². The molecule has 1 aliphatic heterocycles. The van der Waals surface area contributed by atoms with Crippen LogP contribution < -0.4 is 5.32 Å². The molecule has 0 fully saturated rings. The highest BCUT2D eigenvalue weighted by Crippen LogP contribution is 2.39. The summed E-state index contributed by atoms with van der Waals surface area (Å²) in [6, 6.07) is 68.7. The summed E-state index contributed by atoms with van der Waals surface area (Å²) in [5.41, 5.74) is 10.0. The minimum atomic E-state index is -0.407. The molecule has 58 heavy (non-hydrogen) atoms. The van der Waals surface area contributed by atoms with Gasteiger partial charge < -0.3 is 14.3 Å². The van der Waals surface area contributed by atoms with Gasteiger partial charge in [-0.2, -0.15) is 0 Å². The number of aromatic nitrogens is 1. The fourth-order valence-electron chi connectivity index (χ4n) is 8.78. The Morgan fingerprint density at radius 3 is 2.02 bits per heavy atom. The maximum atomic E-state index is 6.79. The Morgan fingerprint density at radius 1 is 0.466 bits per heavy atom. The molecule has 5 heteroatoms. The van der Waals surface area contributed by atoms with Crippen LogP contribution in [0.25, 0.3) is 82.1 Å². The predicted octanol–water partition coefficient (Wildman–Crippen LogP) is 13.2. The molecule has 5 nitrogen and oxygen atoms in total. The van der Waals surface area contributed by atoms with E-state index in [9.17, 15) is 0 Å². The van der Waals surface area contributed by atoms with Crippen molar-refractivity contribution in [1.82, 2.24) is 9.88 Å². The maximum absolute atomic E-state index is 6.79. The van der Waals surface area contributed by atoms with Crippen molar-refractivity contribution in [3.8, 4) is 16.8 Å². The van der Waals surface area contributed by atoms with Crippen molar-refractivity contribution in [2.75, 3.05) is 0 Å². The molecule has 0 amide bonds. The van der Waals surface area contributed by atoms with Gasteiger partial charge in [0.05, 0.1) is 16.6 Å². The number of aliphatic imine (C=N–C) groups is 2. The Morgan fingerprint density at radius 2 is 1.16 bits per heavy atom. The predicted molar refractivity (Wildman–Crippen MR) is 240 cm³/mol. The Labute approximate surface area is 333 Å². The van der Waals surface area contributed by atoms with Crippen LogP contribution in [0.3, 0.4) is 0 Å². The monoisotopic (exact) mass is 742 g/mol.